The fourth-order valence-corrected chi connectivity index (χ4v) is 2.15. The number of aliphatic hydroxyl groups excluding tert-OH is 2. The summed E-state index contributed by atoms with van der Waals surface area (Å²) in [4.78, 5) is 25.1. The minimum atomic E-state index is -1.76. The Morgan fingerprint density at radius 2 is 2.16 bits per heavy atom. The summed E-state index contributed by atoms with van der Waals surface area (Å²) < 4.78 is 6.29. The van der Waals surface area contributed by atoms with Gasteiger partial charge in [0.05, 0.1) is 6.61 Å². The van der Waals surface area contributed by atoms with Crippen LogP contribution < -0.4 is 11.2 Å². The number of ether oxygens (including phenoxy) is 1. The molecule has 1 aromatic rings. The molecule has 0 bridgehead atoms. The highest BCUT2D eigenvalue weighted by molar-refractivity contribution is 5.05. The van der Waals surface area contributed by atoms with Crippen molar-refractivity contribution in [3.05, 3.63) is 32.6 Å². The molecule has 1 aromatic heterocycles. The van der Waals surface area contributed by atoms with Crippen LogP contribution in [0.2, 0.25) is 0 Å². The molecule has 0 radical (unpaired) electrons. The van der Waals surface area contributed by atoms with Crippen LogP contribution in [0.15, 0.2) is 15.8 Å². The average Bonchev–Trinajstić information content (AvgIpc) is 2.56. The summed E-state index contributed by atoms with van der Waals surface area (Å²) in [6, 6.07) is 0. The van der Waals surface area contributed by atoms with Gasteiger partial charge in [0.2, 0.25) is 0 Å². The fraction of sp³-hybridized carbons (Fsp3) is 0.636. The molecule has 2 rings (SSSR count). The molecule has 4 atom stereocenters. The van der Waals surface area contributed by atoms with Crippen molar-refractivity contribution in [3.63, 3.8) is 0 Å². The highest BCUT2D eigenvalue weighted by Gasteiger charge is 2.53. The number of nitrogens with one attached hydrogen (secondary N) is 1. The molecular formula is C11H16N2O6. The Kier molecular flexibility index (Phi) is 3.35. The lowest BCUT2D eigenvalue weighted by Gasteiger charge is -2.27. The molecule has 8 nitrogen and oxygen atoms in total. The van der Waals surface area contributed by atoms with Gasteiger partial charge in [-0.1, -0.05) is 0 Å². The van der Waals surface area contributed by atoms with E-state index in [0.29, 0.717) is 0 Å². The summed E-state index contributed by atoms with van der Waals surface area (Å²) in [7, 11) is 0. The summed E-state index contributed by atoms with van der Waals surface area (Å²) in [5.74, 6) is 0. The van der Waals surface area contributed by atoms with Gasteiger partial charge in [0.25, 0.3) is 5.56 Å². The molecule has 3 unspecified atom stereocenters. The number of hydrogen-bond donors (Lipinski definition) is 4. The van der Waals surface area contributed by atoms with Crippen molar-refractivity contribution in [2.45, 2.75) is 37.9 Å². The fourth-order valence-electron chi connectivity index (χ4n) is 2.15. The number of aromatic amines is 1. The van der Waals surface area contributed by atoms with E-state index < -0.39 is 41.9 Å². The number of rotatable bonds is 2. The summed E-state index contributed by atoms with van der Waals surface area (Å²) >= 11 is 0. The Balaban J connectivity index is 2.51. The molecule has 8 heteroatoms. The van der Waals surface area contributed by atoms with Crippen molar-refractivity contribution in [3.8, 4) is 0 Å². The third kappa shape index (κ3) is 2.12. The second kappa shape index (κ2) is 4.57. The second-order valence-corrected chi connectivity index (χ2v) is 4.86. The Bertz CT molecular complexity index is 590. The van der Waals surface area contributed by atoms with Crippen molar-refractivity contribution in [2.75, 3.05) is 6.61 Å². The van der Waals surface area contributed by atoms with Gasteiger partial charge in [-0.25, -0.2) is 4.79 Å². The van der Waals surface area contributed by atoms with Crippen LogP contribution in [0.25, 0.3) is 0 Å². The van der Waals surface area contributed by atoms with E-state index in [4.69, 9.17) is 9.84 Å². The highest BCUT2D eigenvalue weighted by atomic mass is 16.6. The Labute approximate surface area is 107 Å². The number of aliphatic hydroxyl groups is 3. The summed E-state index contributed by atoms with van der Waals surface area (Å²) in [6.07, 6.45) is -2.30. The molecule has 19 heavy (non-hydrogen) atoms. The van der Waals surface area contributed by atoms with Gasteiger partial charge in [0.15, 0.2) is 6.23 Å². The first-order valence-electron chi connectivity index (χ1n) is 5.78. The lowest BCUT2D eigenvalue weighted by atomic mass is 9.96. The van der Waals surface area contributed by atoms with Crippen LogP contribution in [-0.2, 0) is 4.74 Å². The molecule has 106 valence electrons. The van der Waals surface area contributed by atoms with Crippen LogP contribution >= 0.6 is 0 Å². The van der Waals surface area contributed by atoms with E-state index in [1.807, 2.05) is 0 Å². The number of aryl methyl sites for hydroxylation is 1. The summed E-state index contributed by atoms with van der Waals surface area (Å²) in [5, 5.41) is 29.1. The van der Waals surface area contributed by atoms with Crippen LogP contribution in [0.4, 0.5) is 0 Å². The van der Waals surface area contributed by atoms with Gasteiger partial charge in [-0.15, -0.1) is 0 Å². The Morgan fingerprint density at radius 3 is 2.68 bits per heavy atom. The van der Waals surface area contributed by atoms with E-state index in [0.717, 1.165) is 4.57 Å². The van der Waals surface area contributed by atoms with Crippen molar-refractivity contribution in [1.29, 1.82) is 0 Å². The predicted molar refractivity (Wildman–Crippen MR) is 63.7 cm³/mol. The highest BCUT2D eigenvalue weighted by Crippen LogP contribution is 2.37. The van der Waals surface area contributed by atoms with E-state index >= 15 is 0 Å². The van der Waals surface area contributed by atoms with Gasteiger partial charge in [-0.2, -0.15) is 0 Å². The third-order valence-electron chi connectivity index (χ3n) is 3.33. The van der Waals surface area contributed by atoms with Crippen molar-refractivity contribution >= 4 is 0 Å². The standard InChI is InChI=1S/C11H16N2O6/c1-5-3-13(10(17)12-8(5)16)9-11(2,18)7(15)6(4-14)19-9/h3,6-7,9,14-15,18H,4H2,1-2H3,(H,12,16,17)/t6?,7?,9?,11-/m1/s1. The van der Waals surface area contributed by atoms with Gasteiger partial charge in [-0.05, 0) is 13.8 Å². The summed E-state index contributed by atoms with van der Waals surface area (Å²) in [5.41, 5.74) is -2.78. The maximum Gasteiger partial charge on any atom is 0.330 e. The molecule has 0 aliphatic carbocycles. The van der Waals surface area contributed by atoms with E-state index in [1.54, 1.807) is 0 Å². The minimum absolute atomic E-state index is 0.265. The zero-order chi connectivity index (χ0) is 14.4. The van der Waals surface area contributed by atoms with E-state index in [1.165, 1.54) is 20.0 Å². The molecule has 1 aliphatic rings. The first-order chi connectivity index (χ1) is 8.78. The topological polar surface area (TPSA) is 125 Å². The van der Waals surface area contributed by atoms with Crippen LogP contribution in [0.5, 0.6) is 0 Å². The first-order valence-corrected chi connectivity index (χ1v) is 5.78. The predicted octanol–water partition coefficient (Wildman–Crippen LogP) is -2.15. The number of H-pyrrole nitrogens is 1. The van der Waals surface area contributed by atoms with Crippen molar-refractivity contribution in [1.82, 2.24) is 9.55 Å². The Hall–Kier alpha value is -1.48. The van der Waals surface area contributed by atoms with E-state index in [2.05, 4.69) is 4.98 Å². The van der Waals surface area contributed by atoms with Crippen molar-refractivity contribution < 1.29 is 20.1 Å². The van der Waals surface area contributed by atoms with Gasteiger partial charge in [0, 0.05) is 11.8 Å². The van der Waals surface area contributed by atoms with Gasteiger partial charge < -0.3 is 20.1 Å². The molecule has 0 amide bonds. The first kappa shape index (κ1) is 13.9. The normalized spacial score (nSPS) is 34.7. The SMILES string of the molecule is Cc1cn(C2OC(CO)C(O)[C@@]2(C)O)c(=O)[nH]c1=O. The zero-order valence-corrected chi connectivity index (χ0v) is 10.5. The number of hydrogen-bond acceptors (Lipinski definition) is 6. The quantitative estimate of drug-likeness (QED) is 0.486. The Morgan fingerprint density at radius 1 is 1.53 bits per heavy atom. The molecule has 0 saturated carbocycles. The monoisotopic (exact) mass is 272 g/mol. The lowest BCUT2D eigenvalue weighted by molar-refractivity contribution is -0.0988. The molecule has 0 spiro atoms. The van der Waals surface area contributed by atoms with Gasteiger partial charge in [-0.3, -0.25) is 14.3 Å². The van der Waals surface area contributed by atoms with Crippen molar-refractivity contribution in [2.24, 2.45) is 0 Å². The maximum atomic E-state index is 11.7. The minimum Gasteiger partial charge on any atom is -0.394 e. The smallest absolute Gasteiger partial charge is 0.330 e. The lowest BCUT2D eigenvalue weighted by Crippen LogP contribution is -2.47. The van der Waals surface area contributed by atoms with E-state index in [-0.39, 0.29) is 5.56 Å². The third-order valence-corrected chi connectivity index (χ3v) is 3.33. The maximum absolute atomic E-state index is 11.7. The number of aromatic nitrogens is 2. The van der Waals surface area contributed by atoms with E-state index in [9.17, 15) is 19.8 Å². The molecule has 4 N–H and O–H groups in total. The van der Waals surface area contributed by atoms with Crippen LogP contribution in [-0.4, -0.2) is 49.3 Å². The molecule has 2 heterocycles. The average molecular weight is 272 g/mol. The second-order valence-electron chi connectivity index (χ2n) is 4.86. The van der Waals surface area contributed by atoms with Crippen LogP contribution in [0.3, 0.4) is 0 Å². The molecule has 1 saturated heterocycles. The molecule has 0 aromatic carbocycles. The van der Waals surface area contributed by atoms with Gasteiger partial charge >= 0.3 is 5.69 Å². The van der Waals surface area contributed by atoms with Crippen LogP contribution in [0, 0.1) is 6.92 Å². The molecule has 1 fully saturated rings. The molecular weight excluding hydrogens is 256 g/mol. The van der Waals surface area contributed by atoms with Gasteiger partial charge in [0.1, 0.15) is 17.8 Å². The zero-order valence-electron chi connectivity index (χ0n) is 10.5. The number of nitrogens with zero attached hydrogens (tertiary/aromatic N) is 1. The van der Waals surface area contributed by atoms with Crippen LogP contribution in [0.1, 0.15) is 18.7 Å². The largest absolute Gasteiger partial charge is 0.394 e. The summed E-state index contributed by atoms with van der Waals surface area (Å²) in [6.45, 7) is 2.30. The molecule has 1 aliphatic heterocycles.